The normalized spacial score (nSPS) is 14.2. The van der Waals surface area contributed by atoms with Crippen LogP contribution in [0.4, 0.5) is 5.69 Å². The molecule has 1 saturated heterocycles. The van der Waals surface area contributed by atoms with Gasteiger partial charge in [-0.15, -0.1) is 11.3 Å². The van der Waals surface area contributed by atoms with Crippen molar-refractivity contribution in [2.75, 3.05) is 38.2 Å². The Morgan fingerprint density at radius 2 is 1.91 bits per heavy atom. The lowest BCUT2D eigenvalue weighted by atomic mass is 10.2. The van der Waals surface area contributed by atoms with Gasteiger partial charge in [0.2, 0.25) is 0 Å². The van der Waals surface area contributed by atoms with Gasteiger partial charge >= 0.3 is 0 Å². The van der Waals surface area contributed by atoms with Crippen molar-refractivity contribution in [3.05, 3.63) is 70.1 Å². The van der Waals surface area contributed by atoms with E-state index in [2.05, 4.69) is 15.2 Å². The molecule has 1 N–H and O–H groups in total. The average molecular weight is 509 g/mol. The number of morpholine rings is 1. The number of rotatable bonds is 8. The Hall–Kier alpha value is -3.11. The number of amides is 1. The number of halogens is 1. The van der Waals surface area contributed by atoms with E-state index in [0.29, 0.717) is 22.2 Å². The Morgan fingerprint density at radius 1 is 1.09 bits per heavy atom. The van der Waals surface area contributed by atoms with Crippen LogP contribution in [0, 0.1) is 0 Å². The number of hydrogen-bond donors (Lipinski definition) is 1. The van der Waals surface area contributed by atoms with Gasteiger partial charge in [0.05, 0.1) is 18.7 Å². The summed E-state index contributed by atoms with van der Waals surface area (Å²) in [7, 11) is 0. The second-order valence-corrected chi connectivity index (χ2v) is 9.36. The Kier molecular flexibility index (Phi) is 7.48. The molecule has 0 aliphatic carbocycles. The van der Waals surface area contributed by atoms with Gasteiger partial charge in [-0.3, -0.25) is 9.69 Å². The molecule has 0 radical (unpaired) electrons. The number of aromatic nitrogens is 4. The quantitative estimate of drug-likeness (QED) is 0.371. The molecule has 0 spiro atoms. The zero-order valence-corrected chi connectivity index (χ0v) is 20.6. The summed E-state index contributed by atoms with van der Waals surface area (Å²) in [5.41, 5.74) is 4.52. The maximum absolute atomic E-state index is 12.3. The molecule has 2 aromatic heterocycles. The van der Waals surface area contributed by atoms with Crippen LogP contribution in [0.25, 0.3) is 22.8 Å². The summed E-state index contributed by atoms with van der Waals surface area (Å²) in [5, 5.41) is 10.1. The fraction of sp³-hybridized carbons (Fsp3) is 0.280. The second kappa shape index (κ2) is 11.1. The molecule has 1 aliphatic rings. The zero-order chi connectivity index (χ0) is 24.0. The first-order valence-corrected chi connectivity index (χ1v) is 12.8. The lowest BCUT2D eigenvalue weighted by Gasteiger charge is -2.26. The number of thiazole rings is 1. The van der Waals surface area contributed by atoms with Crippen molar-refractivity contribution in [1.82, 2.24) is 24.6 Å². The molecule has 4 aromatic rings. The van der Waals surface area contributed by atoms with Gasteiger partial charge in [-0.1, -0.05) is 23.7 Å². The van der Waals surface area contributed by atoms with Gasteiger partial charge in [0, 0.05) is 53.4 Å². The molecular formula is C25H25ClN6O2S. The van der Waals surface area contributed by atoms with Crippen LogP contribution in [0.15, 0.2) is 59.4 Å². The number of nitrogens with zero attached hydrogens (tertiary/aromatic N) is 5. The fourth-order valence-corrected chi connectivity index (χ4v) is 4.68. The first-order chi connectivity index (χ1) is 17.2. The molecule has 35 heavy (non-hydrogen) atoms. The van der Waals surface area contributed by atoms with Gasteiger partial charge < -0.3 is 10.1 Å². The number of carbonyl (C=O) groups excluding carboxylic acids is 1. The molecule has 0 unspecified atom stereocenters. The first-order valence-electron chi connectivity index (χ1n) is 11.5. The molecule has 8 nitrogen and oxygen atoms in total. The van der Waals surface area contributed by atoms with Gasteiger partial charge in [0.15, 0.2) is 11.6 Å². The minimum absolute atomic E-state index is 0.232. The third kappa shape index (κ3) is 5.94. The first kappa shape index (κ1) is 23.6. The highest BCUT2D eigenvalue weighted by atomic mass is 35.5. The molecule has 10 heteroatoms. The topological polar surface area (TPSA) is 85.2 Å². The summed E-state index contributed by atoms with van der Waals surface area (Å²) < 4.78 is 7.40. The molecule has 1 fully saturated rings. The van der Waals surface area contributed by atoms with Crippen molar-refractivity contribution in [1.29, 1.82) is 0 Å². The van der Waals surface area contributed by atoms with Gasteiger partial charge in [0.1, 0.15) is 5.69 Å². The number of anilines is 1. The van der Waals surface area contributed by atoms with E-state index >= 15 is 0 Å². The predicted octanol–water partition coefficient (Wildman–Crippen LogP) is 4.70. The maximum Gasteiger partial charge on any atom is 0.275 e. The van der Waals surface area contributed by atoms with Crippen molar-refractivity contribution in [2.24, 2.45) is 0 Å². The van der Waals surface area contributed by atoms with Gasteiger partial charge in [-0.2, -0.15) is 5.10 Å². The summed E-state index contributed by atoms with van der Waals surface area (Å²) in [5.74, 6) is 1.18. The number of benzene rings is 2. The second-order valence-electron chi connectivity index (χ2n) is 8.21. The van der Waals surface area contributed by atoms with Crippen molar-refractivity contribution in [3.8, 4) is 22.8 Å². The number of hydrogen-bond acceptors (Lipinski definition) is 7. The third-order valence-electron chi connectivity index (χ3n) is 5.77. The molecule has 1 aliphatic heterocycles. The molecule has 5 rings (SSSR count). The number of carbonyl (C=O) groups is 1. The number of nitrogens with one attached hydrogen (secondary N) is 1. The number of aryl methyl sites for hydroxylation is 1. The van der Waals surface area contributed by atoms with Crippen LogP contribution in [-0.4, -0.2) is 63.4 Å². The van der Waals surface area contributed by atoms with Crippen molar-refractivity contribution in [2.45, 2.75) is 13.0 Å². The van der Waals surface area contributed by atoms with Crippen LogP contribution in [0.1, 0.15) is 16.9 Å². The molecular weight excluding hydrogens is 484 g/mol. The zero-order valence-electron chi connectivity index (χ0n) is 19.1. The van der Waals surface area contributed by atoms with E-state index in [1.807, 2.05) is 53.2 Å². The van der Waals surface area contributed by atoms with Crippen LogP contribution < -0.4 is 5.32 Å². The summed E-state index contributed by atoms with van der Waals surface area (Å²) in [4.78, 5) is 23.6. The molecule has 1 amide bonds. The summed E-state index contributed by atoms with van der Waals surface area (Å²) >= 11 is 7.65. The Morgan fingerprint density at radius 3 is 2.66 bits per heavy atom. The molecule has 3 heterocycles. The van der Waals surface area contributed by atoms with Gasteiger partial charge in [-0.25, -0.2) is 14.6 Å². The van der Waals surface area contributed by atoms with Crippen molar-refractivity contribution >= 4 is 34.5 Å². The highest BCUT2D eigenvalue weighted by molar-refractivity contribution is 7.07. The van der Waals surface area contributed by atoms with E-state index in [1.165, 1.54) is 11.3 Å². The maximum atomic E-state index is 12.3. The Labute approximate surface area is 212 Å². The SMILES string of the molecule is O=C(Nc1ccc(-c2nc(-c3cccc(Cl)c3)n(CCCN3CCOCC3)n2)cc1)c1cscn1. The van der Waals surface area contributed by atoms with Crippen LogP contribution in [-0.2, 0) is 11.3 Å². The minimum atomic E-state index is -0.232. The molecule has 180 valence electrons. The van der Waals surface area contributed by atoms with Crippen LogP contribution in [0.5, 0.6) is 0 Å². The van der Waals surface area contributed by atoms with Crippen LogP contribution >= 0.6 is 22.9 Å². The summed E-state index contributed by atoms with van der Waals surface area (Å²) in [6.07, 6.45) is 0.956. The van der Waals surface area contributed by atoms with Gasteiger partial charge in [-0.05, 0) is 42.8 Å². The average Bonchev–Trinajstić information content (AvgIpc) is 3.56. The Balaban J connectivity index is 1.34. The van der Waals surface area contributed by atoms with E-state index < -0.39 is 0 Å². The number of ether oxygens (including phenoxy) is 1. The summed E-state index contributed by atoms with van der Waals surface area (Å²) in [6, 6.07) is 15.2. The van der Waals surface area contributed by atoms with Gasteiger partial charge in [0.25, 0.3) is 5.91 Å². The van der Waals surface area contributed by atoms with E-state index in [1.54, 1.807) is 10.9 Å². The van der Waals surface area contributed by atoms with E-state index in [-0.39, 0.29) is 5.91 Å². The smallest absolute Gasteiger partial charge is 0.275 e. The van der Waals surface area contributed by atoms with Crippen molar-refractivity contribution in [3.63, 3.8) is 0 Å². The van der Waals surface area contributed by atoms with Crippen LogP contribution in [0.3, 0.4) is 0 Å². The standard InChI is InChI=1S/C25H25ClN6O2S/c26-20-4-1-3-19(15-20)24-29-23(30-32(24)10-2-9-31-11-13-34-14-12-31)18-5-7-21(8-6-18)28-25(33)22-16-35-17-27-22/h1,3-8,15-17H,2,9-14H2,(H,28,33). The largest absolute Gasteiger partial charge is 0.379 e. The predicted molar refractivity (Wildman–Crippen MR) is 138 cm³/mol. The summed E-state index contributed by atoms with van der Waals surface area (Å²) in [6.45, 7) is 5.25. The molecule has 0 saturated carbocycles. The van der Waals surface area contributed by atoms with Crippen molar-refractivity contribution < 1.29 is 9.53 Å². The lowest BCUT2D eigenvalue weighted by molar-refractivity contribution is 0.0368. The lowest BCUT2D eigenvalue weighted by Crippen LogP contribution is -2.37. The fourth-order valence-electron chi connectivity index (χ4n) is 3.95. The van der Waals surface area contributed by atoms with E-state index in [9.17, 15) is 4.79 Å². The molecule has 2 aromatic carbocycles. The van der Waals surface area contributed by atoms with E-state index in [0.717, 1.165) is 62.8 Å². The molecule has 0 atom stereocenters. The molecule has 0 bridgehead atoms. The highest BCUT2D eigenvalue weighted by Gasteiger charge is 2.16. The van der Waals surface area contributed by atoms with E-state index in [4.69, 9.17) is 26.4 Å². The Bertz CT molecular complexity index is 1270. The monoisotopic (exact) mass is 508 g/mol. The highest BCUT2D eigenvalue weighted by Crippen LogP contribution is 2.26. The third-order valence-corrected chi connectivity index (χ3v) is 6.59. The minimum Gasteiger partial charge on any atom is -0.379 e. The van der Waals surface area contributed by atoms with Crippen LogP contribution in [0.2, 0.25) is 5.02 Å².